The zero-order valence-electron chi connectivity index (χ0n) is 15.5. The van der Waals surface area contributed by atoms with Crippen LogP contribution >= 0.6 is 22.9 Å². The molecule has 2 heterocycles. The summed E-state index contributed by atoms with van der Waals surface area (Å²) in [6.45, 7) is 1.64. The summed E-state index contributed by atoms with van der Waals surface area (Å²) >= 11 is 7.08. The van der Waals surface area contributed by atoms with Crippen LogP contribution in [-0.2, 0) is 10.2 Å². The van der Waals surface area contributed by atoms with E-state index in [-0.39, 0.29) is 30.1 Å². The van der Waals surface area contributed by atoms with Crippen LogP contribution in [0.25, 0.3) is 0 Å². The quantitative estimate of drug-likeness (QED) is 0.721. The van der Waals surface area contributed by atoms with Gasteiger partial charge >= 0.3 is 6.09 Å². The van der Waals surface area contributed by atoms with Crippen molar-refractivity contribution in [3.8, 4) is 0 Å². The molecule has 1 aromatic heterocycles. The minimum atomic E-state index is -0.387. The Morgan fingerprint density at radius 1 is 1.29 bits per heavy atom. The SMILES string of the molecule is CNCC1(c2ccc(N3CC(CNC(=O)c4ccc(Cl)s4)OC3=O)cc2)CC1. The first-order valence-corrected chi connectivity index (χ1v) is 10.5. The Hall–Kier alpha value is -2.09. The van der Waals surface area contributed by atoms with E-state index in [1.54, 1.807) is 17.0 Å². The van der Waals surface area contributed by atoms with Crippen molar-refractivity contribution < 1.29 is 14.3 Å². The summed E-state index contributed by atoms with van der Waals surface area (Å²) in [5, 5.41) is 6.06. The average Bonchev–Trinajstić information content (AvgIpc) is 3.18. The highest BCUT2D eigenvalue weighted by Gasteiger charge is 2.43. The molecule has 8 heteroatoms. The number of benzene rings is 1. The summed E-state index contributed by atoms with van der Waals surface area (Å²) in [4.78, 5) is 26.5. The van der Waals surface area contributed by atoms with Crippen molar-refractivity contribution in [2.75, 3.05) is 31.6 Å². The van der Waals surface area contributed by atoms with Gasteiger partial charge in [-0.25, -0.2) is 4.79 Å². The van der Waals surface area contributed by atoms with Gasteiger partial charge in [-0.1, -0.05) is 23.7 Å². The molecular formula is C20H22ClN3O3S. The van der Waals surface area contributed by atoms with Gasteiger partial charge in [0, 0.05) is 17.6 Å². The molecule has 1 saturated carbocycles. The fourth-order valence-electron chi connectivity index (χ4n) is 3.62. The van der Waals surface area contributed by atoms with E-state index < -0.39 is 0 Å². The highest BCUT2D eigenvalue weighted by atomic mass is 35.5. The summed E-state index contributed by atoms with van der Waals surface area (Å²) in [6.07, 6.45) is 1.61. The van der Waals surface area contributed by atoms with Gasteiger partial charge in [0.25, 0.3) is 5.91 Å². The molecule has 0 radical (unpaired) electrons. The van der Waals surface area contributed by atoms with Crippen LogP contribution in [0.3, 0.4) is 0 Å². The third-order valence-electron chi connectivity index (χ3n) is 5.32. The predicted molar refractivity (Wildman–Crippen MR) is 111 cm³/mol. The molecule has 148 valence electrons. The van der Waals surface area contributed by atoms with Crippen LogP contribution < -0.4 is 15.5 Å². The number of thiophene rings is 1. The maximum atomic E-state index is 12.3. The van der Waals surface area contributed by atoms with Gasteiger partial charge in [-0.3, -0.25) is 9.69 Å². The van der Waals surface area contributed by atoms with Gasteiger partial charge in [0.1, 0.15) is 6.10 Å². The van der Waals surface area contributed by atoms with Crippen molar-refractivity contribution >= 4 is 40.6 Å². The summed E-state index contributed by atoms with van der Waals surface area (Å²) in [7, 11) is 1.97. The van der Waals surface area contributed by atoms with Crippen LogP contribution in [0.15, 0.2) is 36.4 Å². The molecule has 6 nitrogen and oxygen atoms in total. The number of cyclic esters (lactones) is 1. The van der Waals surface area contributed by atoms with Crippen molar-refractivity contribution in [2.45, 2.75) is 24.4 Å². The molecule has 2 N–H and O–H groups in total. The molecule has 0 spiro atoms. The van der Waals surface area contributed by atoms with E-state index >= 15 is 0 Å². The number of carbonyl (C=O) groups is 2. The average molecular weight is 420 g/mol. The van der Waals surface area contributed by atoms with Gasteiger partial charge in [-0.2, -0.15) is 0 Å². The molecular weight excluding hydrogens is 398 g/mol. The fourth-order valence-corrected chi connectivity index (χ4v) is 4.58. The van der Waals surface area contributed by atoms with Crippen LogP contribution in [0, 0.1) is 0 Å². The summed E-state index contributed by atoms with van der Waals surface area (Å²) in [6, 6.07) is 11.5. The van der Waals surface area contributed by atoms with Crippen molar-refractivity contribution in [1.82, 2.24) is 10.6 Å². The molecule has 1 aliphatic heterocycles. The smallest absolute Gasteiger partial charge is 0.414 e. The molecule has 2 amide bonds. The van der Waals surface area contributed by atoms with Gasteiger partial charge in [0.05, 0.1) is 22.3 Å². The Labute approximate surface area is 172 Å². The van der Waals surface area contributed by atoms with Crippen molar-refractivity contribution in [2.24, 2.45) is 0 Å². The van der Waals surface area contributed by atoms with Crippen LogP contribution in [0.1, 0.15) is 28.1 Å². The Bertz CT molecular complexity index is 879. The van der Waals surface area contributed by atoms with E-state index in [1.807, 2.05) is 19.2 Å². The Morgan fingerprint density at radius 2 is 2.04 bits per heavy atom. The topological polar surface area (TPSA) is 70.7 Å². The molecule has 2 aliphatic rings. The van der Waals surface area contributed by atoms with Crippen molar-refractivity contribution in [3.63, 3.8) is 0 Å². The zero-order valence-corrected chi connectivity index (χ0v) is 17.1. The monoisotopic (exact) mass is 419 g/mol. The molecule has 1 unspecified atom stereocenters. The first-order chi connectivity index (χ1) is 13.5. The molecule has 1 atom stereocenters. The lowest BCUT2D eigenvalue weighted by atomic mass is 9.95. The largest absolute Gasteiger partial charge is 0.442 e. The highest BCUT2D eigenvalue weighted by Crippen LogP contribution is 2.47. The van der Waals surface area contributed by atoms with E-state index in [1.165, 1.54) is 29.7 Å². The third kappa shape index (κ3) is 3.87. The van der Waals surface area contributed by atoms with E-state index in [9.17, 15) is 9.59 Å². The van der Waals surface area contributed by atoms with Crippen LogP contribution in [-0.4, -0.2) is 44.8 Å². The number of halogens is 1. The summed E-state index contributed by atoms with van der Waals surface area (Å²) < 4.78 is 5.97. The molecule has 2 fully saturated rings. The summed E-state index contributed by atoms with van der Waals surface area (Å²) in [5.41, 5.74) is 2.36. The van der Waals surface area contributed by atoms with Gasteiger partial charge in [-0.15, -0.1) is 11.3 Å². The molecule has 28 heavy (non-hydrogen) atoms. The number of nitrogens with zero attached hydrogens (tertiary/aromatic N) is 1. The van der Waals surface area contributed by atoms with E-state index in [0.717, 1.165) is 12.2 Å². The third-order valence-corrected chi connectivity index (χ3v) is 6.55. The normalized spacial score (nSPS) is 20.1. The van der Waals surface area contributed by atoms with Gasteiger partial charge in [0.2, 0.25) is 0 Å². The predicted octanol–water partition coefficient (Wildman–Crippen LogP) is 3.41. The van der Waals surface area contributed by atoms with Crippen molar-refractivity contribution in [1.29, 1.82) is 0 Å². The van der Waals surface area contributed by atoms with E-state index in [4.69, 9.17) is 16.3 Å². The second-order valence-electron chi connectivity index (χ2n) is 7.29. The number of likely N-dealkylation sites (N-methyl/N-ethyl adjacent to an activating group) is 1. The lowest BCUT2D eigenvalue weighted by molar-refractivity contribution is 0.0920. The lowest BCUT2D eigenvalue weighted by Gasteiger charge is -2.18. The number of hydrogen-bond donors (Lipinski definition) is 2. The minimum Gasteiger partial charge on any atom is -0.442 e. The van der Waals surface area contributed by atoms with Gasteiger partial charge < -0.3 is 15.4 Å². The second kappa shape index (κ2) is 7.73. The summed E-state index contributed by atoms with van der Waals surface area (Å²) in [5.74, 6) is -0.213. The maximum absolute atomic E-state index is 12.3. The Kier molecular flexibility index (Phi) is 5.31. The first-order valence-electron chi connectivity index (χ1n) is 9.28. The number of ether oxygens (including phenoxy) is 1. The number of rotatable bonds is 7. The first kappa shape index (κ1) is 19.2. The number of anilines is 1. The zero-order chi connectivity index (χ0) is 19.7. The number of amides is 2. The molecule has 2 aromatic rings. The molecule has 1 aromatic carbocycles. The molecule has 4 rings (SSSR count). The van der Waals surface area contributed by atoms with E-state index in [0.29, 0.717) is 15.8 Å². The minimum absolute atomic E-state index is 0.213. The van der Waals surface area contributed by atoms with Gasteiger partial charge in [-0.05, 0) is 49.7 Å². The molecule has 1 saturated heterocycles. The lowest BCUT2D eigenvalue weighted by Crippen LogP contribution is -2.34. The highest BCUT2D eigenvalue weighted by molar-refractivity contribution is 7.17. The van der Waals surface area contributed by atoms with Gasteiger partial charge in [0.15, 0.2) is 0 Å². The van der Waals surface area contributed by atoms with Crippen molar-refractivity contribution in [3.05, 3.63) is 51.2 Å². The maximum Gasteiger partial charge on any atom is 0.414 e. The van der Waals surface area contributed by atoms with Crippen LogP contribution in [0.2, 0.25) is 4.34 Å². The standard InChI is InChI=1S/C20H22ClN3O3S/c1-22-12-20(8-9-20)13-2-4-14(5-3-13)24-11-15(27-19(24)26)10-23-18(25)16-6-7-17(21)28-16/h2-7,15,22H,8-12H2,1H3,(H,23,25). The number of hydrogen-bond acceptors (Lipinski definition) is 5. The number of nitrogens with one attached hydrogen (secondary N) is 2. The molecule has 0 bridgehead atoms. The fraction of sp³-hybridized carbons (Fsp3) is 0.400. The van der Waals surface area contributed by atoms with Crippen LogP contribution in [0.4, 0.5) is 10.5 Å². The van der Waals surface area contributed by atoms with Crippen LogP contribution in [0.5, 0.6) is 0 Å². The number of carbonyl (C=O) groups excluding carboxylic acids is 2. The second-order valence-corrected chi connectivity index (χ2v) is 9.00. The van der Waals surface area contributed by atoms with E-state index in [2.05, 4.69) is 22.8 Å². The Balaban J connectivity index is 1.35. The molecule has 1 aliphatic carbocycles. The Morgan fingerprint density at radius 3 is 2.64 bits per heavy atom.